The molecule has 0 spiro atoms. The highest BCUT2D eigenvalue weighted by atomic mass is 15.2. The van der Waals surface area contributed by atoms with Crippen LogP contribution >= 0.6 is 0 Å². The molecule has 1 atom stereocenters. The van der Waals surface area contributed by atoms with Gasteiger partial charge in [-0.25, -0.2) is 4.98 Å². The molecule has 1 rings (SSSR count). The second-order valence-corrected chi connectivity index (χ2v) is 4.32. The molecule has 0 bridgehead atoms. The van der Waals surface area contributed by atoms with Crippen molar-refractivity contribution in [2.24, 2.45) is 0 Å². The van der Waals surface area contributed by atoms with E-state index in [0.717, 1.165) is 11.8 Å². The topological polar surface area (TPSA) is 41.1 Å². The van der Waals surface area contributed by atoms with Crippen LogP contribution in [0.1, 0.15) is 33.1 Å². The molecule has 1 unspecified atom stereocenters. The maximum atomic E-state index is 4.42. The van der Waals surface area contributed by atoms with Gasteiger partial charge < -0.3 is 10.2 Å². The van der Waals surface area contributed by atoms with Gasteiger partial charge in [-0.05, 0) is 19.4 Å². The minimum Gasteiger partial charge on any atom is -0.367 e. The highest BCUT2D eigenvalue weighted by Gasteiger charge is 2.04. The highest BCUT2D eigenvalue weighted by molar-refractivity contribution is 5.40. The van der Waals surface area contributed by atoms with Crippen LogP contribution in [0.4, 0.5) is 11.8 Å². The first kappa shape index (κ1) is 12.7. The van der Waals surface area contributed by atoms with Crippen molar-refractivity contribution >= 4 is 11.8 Å². The van der Waals surface area contributed by atoms with Gasteiger partial charge in [0.2, 0.25) is 5.95 Å². The fourth-order valence-corrected chi connectivity index (χ4v) is 1.48. The number of unbranched alkanes of at least 4 members (excludes halogenated alkanes) is 1. The smallest absolute Gasteiger partial charge is 0.226 e. The Morgan fingerprint density at radius 1 is 1.44 bits per heavy atom. The SMILES string of the molecule is CCCCC(C)Nc1ccnc(N(C)C)n1. The standard InChI is InChI=1S/C12H22N4/c1-5-6-7-10(2)14-11-8-9-13-12(15-11)16(3)4/h8-10H,5-7H2,1-4H3,(H,13,14,15). The molecule has 0 aliphatic heterocycles. The molecule has 16 heavy (non-hydrogen) atoms. The molecule has 1 aromatic heterocycles. The summed E-state index contributed by atoms with van der Waals surface area (Å²) in [5.74, 6) is 1.65. The second-order valence-electron chi connectivity index (χ2n) is 4.32. The molecule has 0 aliphatic carbocycles. The molecule has 4 heteroatoms. The van der Waals surface area contributed by atoms with Crippen LogP contribution < -0.4 is 10.2 Å². The van der Waals surface area contributed by atoms with Crippen LogP contribution in [0.2, 0.25) is 0 Å². The maximum absolute atomic E-state index is 4.42. The maximum Gasteiger partial charge on any atom is 0.226 e. The summed E-state index contributed by atoms with van der Waals surface area (Å²) < 4.78 is 0. The average Bonchev–Trinajstić information content (AvgIpc) is 2.26. The zero-order chi connectivity index (χ0) is 12.0. The third-order valence-corrected chi connectivity index (χ3v) is 2.43. The quantitative estimate of drug-likeness (QED) is 0.803. The van der Waals surface area contributed by atoms with Crippen molar-refractivity contribution in [2.75, 3.05) is 24.3 Å². The fourth-order valence-electron chi connectivity index (χ4n) is 1.48. The van der Waals surface area contributed by atoms with Crippen LogP contribution in [0.25, 0.3) is 0 Å². The lowest BCUT2D eigenvalue weighted by atomic mass is 10.1. The minimum absolute atomic E-state index is 0.463. The van der Waals surface area contributed by atoms with Crippen molar-refractivity contribution in [3.8, 4) is 0 Å². The first-order valence-corrected chi connectivity index (χ1v) is 5.90. The lowest BCUT2D eigenvalue weighted by molar-refractivity contribution is 0.643. The summed E-state index contributed by atoms with van der Waals surface area (Å²) in [6.07, 6.45) is 5.45. The van der Waals surface area contributed by atoms with E-state index >= 15 is 0 Å². The lowest BCUT2D eigenvalue weighted by Crippen LogP contribution is -2.18. The Bertz CT molecular complexity index is 312. The normalized spacial score (nSPS) is 12.2. The monoisotopic (exact) mass is 222 g/mol. The summed E-state index contributed by atoms with van der Waals surface area (Å²) in [6, 6.07) is 2.37. The van der Waals surface area contributed by atoms with Gasteiger partial charge in [0.15, 0.2) is 0 Å². The molecule has 0 aromatic carbocycles. The predicted molar refractivity (Wildman–Crippen MR) is 69.0 cm³/mol. The molecule has 90 valence electrons. The molecule has 0 amide bonds. The Balaban J connectivity index is 2.56. The lowest BCUT2D eigenvalue weighted by Gasteiger charge is -2.16. The molecular weight excluding hydrogens is 200 g/mol. The van der Waals surface area contributed by atoms with E-state index in [-0.39, 0.29) is 0 Å². The van der Waals surface area contributed by atoms with Crippen LogP contribution in [-0.2, 0) is 0 Å². The molecule has 0 fully saturated rings. The van der Waals surface area contributed by atoms with E-state index < -0.39 is 0 Å². The van der Waals surface area contributed by atoms with Gasteiger partial charge in [-0.15, -0.1) is 0 Å². The van der Waals surface area contributed by atoms with E-state index in [1.54, 1.807) is 6.20 Å². The third-order valence-electron chi connectivity index (χ3n) is 2.43. The zero-order valence-electron chi connectivity index (χ0n) is 10.7. The van der Waals surface area contributed by atoms with E-state index in [0.29, 0.717) is 6.04 Å². The molecule has 4 nitrogen and oxygen atoms in total. The number of nitrogens with zero attached hydrogens (tertiary/aromatic N) is 3. The molecule has 1 N–H and O–H groups in total. The van der Waals surface area contributed by atoms with Crippen LogP contribution in [-0.4, -0.2) is 30.1 Å². The highest BCUT2D eigenvalue weighted by Crippen LogP contribution is 2.11. The van der Waals surface area contributed by atoms with Gasteiger partial charge in [-0.2, -0.15) is 4.98 Å². The van der Waals surface area contributed by atoms with Crippen LogP contribution in [0.3, 0.4) is 0 Å². The van der Waals surface area contributed by atoms with E-state index in [9.17, 15) is 0 Å². The van der Waals surface area contributed by atoms with Gasteiger partial charge in [0, 0.05) is 26.3 Å². The van der Waals surface area contributed by atoms with Crippen molar-refractivity contribution < 1.29 is 0 Å². The largest absolute Gasteiger partial charge is 0.367 e. The number of rotatable bonds is 6. The summed E-state index contributed by atoms with van der Waals surface area (Å²) in [7, 11) is 3.89. The van der Waals surface area contributed by atoms with Crippen molar-refractivity contribution in [1.29, 1.82) is 0 Å². The summed E-state index contributed by atoms with van der Waals surface area (Å²) >= 11 is 0. The van der Waals surface area contributed by atoms with Crippen LogP contribution in [0, 0.1) is 0 Å². The number of aromatic nitrogens is 2. The molecule has 0 radical (unpaired) electrons. The van der Waals surface area contributed by atoms with E-state index in [4.69, 9.17) is 0 Å². The Hall–Kier alpha value is -1.32. The van der Waals surface area contributed by atoms with Gasteiger partial charge in [-0.1, -0.05) is 19.8 Å². The van der Waals surface area contributed by atoms with Crippen LogP contribution in [0.15, 0.2) is 12.3 Å². The van der Waals surface area contributed by atoms with Gasteiger partial charge in [0.25, 0.3) is 0 Å². The van der Waals surface area contributed by atoms with Crippen molar-refractivity contribution in [1.82, 2.24) is 9.97 Å². The van der Waals surface area contributed by atoms with Crippen LogP contribution in [0.5, 0.6) is 0 Å². The minimum atomic E-state index is 0.463. The van der Waals surface area contributed by atoms with Gasteiger partial charge in [-0.3, -0.25) is 0 Å². The second kappa shape index (κ2) is 6.30. The number of anilines is 2. The fraction of sp³-hybridized carbons (Fsp3) is 0.667. The Kier molecular flexibility index (Phi) is 5.02. The average molecular weight is 222 g/mol. The molecular formula is C12H22N4. The van der Waals surface area contributed by atoms with Gasteiger partial charge in [0.05, 0.1) is 0 Å². The first-order chi connectivity index (χ1) is 7.63. The van der Waals surface area contributed by atoms with Crippen molar-refractivity contribution in [3.63, 3.8) is 0 Å². The van der Waals surface area contributed by atoms with E-state index in [2.05, 4.69) is 29.1 Å². The predicted octanol–water partition coefficient (Wildman–Crippen LogP) is 2.53. The molecule has 1 aromatic rings. The summed E-state index contributed by atoms with van der Waals surface area (Å²) in [4.78, 5) is 10.5. The summed E-state index contributed by atoms with van der Waals surface area (Å²) in [6.45, 7) is 4.40. The molecule has 0 aliphatic rings. The molecule has 1 heterocycles. The first-order valence-electron chi connectivity index (χ1n) is 5.90. The van der Waals surface area contributed by atoms with E-state index in [1.807, 2.05) is 25.1 Å². The number of nitrogens with one attached hydrogen (secondary N) is 1. The molecule has 0 saturated carbocycles. The van der Waals surface area contributed by atoms with Crippen molar-refractivity contribution in [2.45, 2.75) is 39.2 Å². The van der Waals surface area contributed by atoms with Gasteiger partial charge in [0.1, 0.15) is 5.82 Å². The third kappa shape index (κ3) is 4.04. The Labute approximate surface area is 98.1 Å². The number of hydrogen-bond donors (Lipinski definition) is 1. The Morgan fingerprint density at radius 2 is 2.19 bits per heavy atom. The van der Waals surface area contributed by atoms with E-state index in [1.165, 1.54) is 19.3 Å². The van der Waals surface area contributed by atoms with Crippen molar-refractivity contribution in [3.05, 3.63) is 12.3 Å². The molecule has 0 saturated heterocycles. The summed E-state index contributed by atoms with van der Waals surface area (Å²) in [5.41, 5.74) is 0. The number of hydrogen-bond acceptors (Lipinski definition) is 4. The van der Waals surface area contributed by atoms with Gasteiger partial charge >= 0.3 is 0 Å². The Morgan fingerprint density at radius 3 is 2.81 bits per heavy atom. The summed E-state index contributed by atoms with van der Waals surface area (Å²) in [5, 5.41) is 3.39. The zero-order valence-corrected chi connectivity index (χ0v) is 10.7.